The molecule has 2 aromatic rings. The summed E-state index contributed by atoms with van der Waals surface area (Å²) in [6.07, 6.45) is 2.21. The molecule has 2 aromatic carbocycles. The zero-order valence-electron chi connectivity index (χ0n) is 14.0. The maximum Gasteiger partial charge on any atom is 0.138 e. The molecule has 0 aliphatic heterocycles. The lowest BCUT2D eigenvalue weighted by atomic mass is 10.1. The van der Waals surface area contributed by atoms with Crippen molar-refractivity contribution in [3.8, 4) is 5.75 Å². The predicted octanol–water partition coefficient (Wildman–Crippen LogP) is 6.14. The number of hydrogen-bond donors (Lipinski definition) is 1. The van der Waals surface area contributed by atoms with Gasteiger partial charge in [0.1, 0.15) is 5.75 Å². The van der Waals surface area contributed by atoms with Crippen molar-refractivity contribution in [2.45, 2.75) is 39.3 Å². The van der Waals surface area contributed by atoms with E-state index in [1.807, 2.05) is 13.0 Å². The van der Waals surface area contributed by atoms with Crippen LogP contribution in [0.5, 0.6) is 5.75 Å². The SMILES string of the molecule is CCOc1c(Br)cc(Br)cc1CNC(C)CCc1ccccc1.Cl. The molecule has 0 fully saturated rings. The number of halogens is 3. The van der Waals surface area contributed by atoms with Crippen LogP contribution in [0.25, 0.3) is 0 Å². The van der Waals surface area contributed by atoms with Crippen molar-refractivity contribution in [1.82, 2.24) is 5.32 Å². The van der Waals surface area contributed by atoms with Crippen LogP contribution in [-0.4, -0.2) is 12.6 Å². The molecule has 0 bridgehead atoms. The van der Waals surface area contributed by atoms with Crippen LogP contribution in [0.15, 0.2) is 51.4 Å². The Morgan fingerprint density at radius 2 is 1.83 bits per heavy atom. The molecule has 0 heterocycles. The Balaban J connectivity index is 0.00000288. The Labute approximate surface area is 168 Å². The van der Waals surface area contributed by atoms with E-state index in [9.17, 15) is 0 Å². The lowest BCUT2D eigenvalue weighted by Crippen LogP contribution is -2.26. The van der Waals surface area contributed by atoms with Crippen molar-refractivity contribution >= 4 is 44.3 Å². The summed E-state index contributed by atoms with van der Waals surface area (Å²) in [5.41, 5.74) is 2.56. The third-order valence-electron chi connectivity index (χ3n) is 3.72. The van der Waals surface area contributed by atoms with Gasteiger partial charge in [0, 0.05) is 22.6 Å². The summed E-state index contributed by atoms with van der Waals surface area (Å²) < 4.78 is 7.82. The fourth-order valence-corrected chi connectivity index (χ4v) is 3.89. The second-order valence-electron chi connectivity index (χ2n) is 5.62. The third kappa shape index (κ3) is 6.75. The van der Waals surface area contributed by atoms with Gasteiger partial charge in [-0.2, -0.15) is 0 Å². The van der Waals surface area contributed by atoms with Gasteiger partial charge in [-0.1, -0.05) is 46.3 Å². The Morgan fingerprint density at radius 3 is 2.50 bits per heavy atom. The second kappa shape index (κ2) is 11.1. The zero-order valence-corrected chi connectivity index (χ0v) is 18.0. The van der Waals surface area contributed by atoms with Crippen molar-refractivity contribution in [3.63, 3.8) is 0 Å². The Bertz CT molecular complexity index is 622. The second-order valence-corrected chi connectivity index (χ2v) is 7.39. The van der Waals surface area contributed by atoms with E-state index >= 15 is 0 Å². The van der Waals surface area contributed by atoms with Crippen LogP contribution in [0.4, 0.5) is 0 Å². The largest absolute Gasteiger partial charge is 0.492 e. The molecule has 0 aliphatic rings. The molecule has 1 unspecified atom stereocenters. The Hall–Kier alpha value is -0.550. The van der Waals surface area contributed by atoms with Gasteiger partial charge in [0.25, 0.3) is 0 Å². The van der Waals surface area contributed by atoms with E-state index in [4.69, 9.17) is 4.74 Å². The molecule has 5 heteroatoms. The van der Waals surface area contributed by atoms with E-state index in [2.05, 4.69) is 80.5 Å². The predicted molar refractivity (Wildman–Crippen MR) is 111 cm³/mol. The minimum atomic E-state index is 0. The third-order valence-corrected chi connectivity index (χ3v) is 4.77. The van der Waals surface area contributed by atoms with Gasteiger partial charge in [0.2, 0.25) is 0 Å². The first kappa shape index (κ1) is 21.5. The van der Waals surface area contributed by atoms with Gasteiger partial charge in [-0.3, -0.25) is 0 Å². The summed E-state index contributed by atoms with van der Waals surface area (Å²) in [6.45, 7) is 5.70. The molecule has 0 aromatic heterocycles. The van der Waals surface area contributed by atoms with E-state index in [0.717, 1.165) is 34.1 Å². The molecule has 132 valence electrons. The average Bonchev–Trinajstić information content (AvgIpc) is 2.54. The molecule has 0 saturated carbocycles. The van der Waals surface area contributed by atoms with E-state index in [1.165, 1.54) is 11.1 Å². The van der Waals surface area contributed by atoms with E-state index < -0.39 is 0 Å². The van der Waals surface area contributed by atoms with Gasteiger partial charge in [-0.05, 0) is 60.3 Å². The van der Waals surface area contributed by atoms with Crippen LogP contribution in [0.1, 0.15) is 31.4 Å². The van der Waals surface area contributed by atoms with Crippen LogP contribution in [0.3, 0.4) is 0 Å². The van der Waals surface area contributed by atoms with Crippen LogP contribution >= 0.6 is 44.3 Å². The first-order chi connectivity index (χ1) is 11.1. The summed E-state index contributed by atoms with van der Waals surface area (Å²) in [6, 6.07) is 15.2. The van der Waals surface area contributed by atoms with E-state index in [1.54, 1.807) is 0 Å². The van der Waals surface area contributed by atoms with E-state index in [-0.39, 0.29) is 12.4 Å². The maximum atomic E-state index is 5.78. The summed E-state index contributed by atoms with van der Waals surface area (Å²) in [7, 11) is 0. The monoisotopic (exact) mass is 475 g/mol. The number of benzene rings is 2. The van der Waals surface area contributed by atoms with Crippen molar-refractivity contribution in [2.75, 3.05) is 6.61 Å². The fraction of sp³-hybridized carbons (Fsp3) is 0.368. The molecule has 0 aliphatic carbocycles. The molecule has 0 spiro atoms. The first-order valence-electron chi connectivity index (χ1n) is 7.98. The molecule has 1 N–H and O–H groups in total. The first-order valence-corrected chi connectivity index (χ1v) is 9.56. The number of rotatable bonds is 8. The van der Waals surface area contributed by atoms with Crippen LogP contribution in [-0.2, 0) is 13.0 Å². The smallest absolute Gasteiger partial charge is 0.138 e. The fourth-order valence-electron chi connectivity index (χ4n) is 2.47. The summed E-state index contributed by atoms with van der Waals surface area (Å²) in [5, 5.41) is 3.60. The van der Waals surface area contributed by atoms with Crippen molar-refractivity contribution < 1.29 is 4.74 Å². The van der Waals surface area contributed by atoms with Crippen molar-refractivity contribution in [2.24, 2.45) is 0 Å². The molecular formula is C19H24Br2ClNO. The Kier molecular flexibility index (Phi) is 9.98. The normalized spacial score (nSPS) is 11.7. The van der Waals surface area contributed by atoms with Gasteiger partial charge in [0.05, 0.1) is 11.1 Å². The molecule has 0 amide bonds. The Morgan fingerprint density at radius 1 is 1.12 bits per heavy atom. The van der Waals surface area contributed by atoms with Gasteiger partial charge in [0.15, 0.2) is 0 Å². The van der Waals surface area contributed by atoms with Gasteiger partial charge >= 0.3 is 0 Å². The van der Waals surface area contributed by atoms with Gasteiger partial charge < -0.3 is 10.1 Å². The number of hydrogen-bond acceptors (Lipinski definition) is 2. The highest BCUT2D eigenvalue weighted by atomic mass is 79.9. The van der Waals surface area contributed by atoms with Gasteiger partial charge in [-0.15, -0.1) is 12.4 Å². The number of nitrogens with one attached hydrogen (secondary N) is 1. The van der Waals surface area contributed by atoms with E-state index in [0.29, 0.717) is 12.6 Å². The molecule has 24 heavy (non-hydrogen) atoms. The highest BCUT2D eigenvalue weighted by molar-refractivity contribution is 9.11. The molecule has 0 radical (unpaired) electrons. The average molecular weight is 478 g/mol. The highest BCUT2D eigenvalue weighted by Crippen LogP contribution is 2.33. The number of ether oxygens (including phenoxy) is 1. The number of aryl methyl sites for hydroxylation is 1. The van der Waals surface area contributed by atoms with Crippen LogP contribution in [0, 0.1) is 0 Å². The van der Waals surface area contributed by atoms with Crippen molar-refractivity contribution in [3.05, 3.63) is 62.5 Å². The lowest BCUT2D eigenvalue weighted by Gasteiger charge is -2.17. The molecule has 1 atom stereocenters. The maximum absolute atomic E-state index is 5.78. The molecule has 2 rings (SSSR count). The minimum Gasteiger partial charge on any atom is -0.492 e. The van der Waals surface area contributed by atoms with Crippen molar-refractivity contribution in [1.29, 1.82) is 0 Å². The standard InChI is InChI=1S/C19H23Br2NO.ClH/c1-3-23-19-16(11-17(20)12-18(19)21)13-22-14(2)9-10-15-7-5-4-6-8-15;/h4-8,11-12,14,22H,3,9-10,13H2,1-2H3;1H. The highest BCUT2D eigenvalue weighted by Gasteiger charge is 2.11. The van der Waals surface area contributed by atoms with Gasteiger partial charge in [-0.25, -0.2) is 0 Å². The summed E-state index contributed by atoms with van der Waals surface area (Å²) >= 11 is 7.14. The van der Waals surface area contributed by atoms with Crippen LogP contribution < -0.4 is 10.1 Å². The molecular weight excluding hydrogens is 453 g/mol. The van der Waals surface area contributed by atoms with Crippen LogP contribution in [0.2, 0.25) is 0 Å². The topological polar surface area (TPSA) is 21.3 Å². The summed E-state index contributed by atoms with van der Waals surface area (Å²) in [4.78, 5) is 0. The zero-order chi connectivity index (χ0) is 16.7. The molecule has 2 nitrogen and oxygen atoms in total. The molecule has 0 saturated heterocycles. The quantitative estimate of drug-likeness (QED) is 0.493. The minimum absolute atomic E-state index is 0. The summed E-state index contributed by atoms with van der Waals surface area (Å²) in [5.74, 6) is 0.929. The lowest BCUT2D eigenvalue weighted by molar-refractivity contribution is 0.332.